The van der Waals surface area contributed by atoms with Crippen LogP contribution in [0.5, 0.6) is 5.75 Å². The van der Waals surface area contributed by atoms with Crippen molar-refractivity contribution in [3.8, 4) is 5.75 Å². The Morgan fingerprint density at radius 2 is 1.77 bits per heavy atom. The van der Waals surface area contributed by atoms with Crippen molar-refractivity contribution in [2.24, 2.45) is 0 Å². The van der Waals surface area contributed by atoms with E-state index in [0.29, 0.717) is 5.75 Å². The van der Waals surface area contributed by atoms with Crippen LogP contribution < -0.4 is 15.6 Å². The van der Waals surface area contributed by atoms with Crippen molar-refractivity contribution < 1.29 is 9.53 Å². The van der Waals surface area contributed by atoms with Gasteiger partial charge in [0, 0.05) is 17.5 Å². The largest absolute Gasteiger partial charge is 0.497 e. The Bertz CT molecular complexity index is 1100. The summed E-state index contributed by atoms with van der Waals surface area (Å²) < 4.78 is 6.90. The number of aromatic nitrogens is 1. The third-order valence-corrected chi connectivity index (χ3v) is 6.06. The molecule has 0 saturated heterocycles. The molecule has 0 bridgehead atoms. The van der Waals surface area contributed by atoms with E-state index in [2.05, 4.69) is 5.32 Å². The molecule has 1 aliphatic rings. The number of amides is 1. The molecule has 0 spiro atoms. The molecule has 1 aliphatic carbocycles. The molecular weight excluding hydrogens is 376 g/mol. The van der Waals surface area contributed by atoms with Crippen LogP contribution in [0.3, 0.4) is 0 Å². The molecule has 1 atom stereocenters. The summed E-state index contributed by atoms with van der Waals surface area (Å²) in [7, 11) is 1.61. The average molecular weight is 405 g/mol. The van der Waals surface area contributed by atoms with Gasteiger partial charge in [0.15, 0.2) is 0 Å². The third-order valence-electron chi connectivity index (χ3n) is 6.06. The van der Waals surface area contributed by atoms with Crippen molar-refractivity contribution >= 4 is 16.8 Å². The lowest BCUT2D eigenvalue weighted by molar-refractivity contribution is -0.124. The first kappa shape index (κ1) is 20.2. The van der Waals surface area contributed by atoms with Gasteiger partial charge in [0.05, 0.1) is 12.6 Å². The van der Waals surface area contributed by atoms with Gasteiger partial charge in [0.25, 0.3) is 5.56 Å². The first-order chi connectivity index (χ1) is 14.6. The summed E-state index contributed by atoms with van der Waals surface area (Å²) in [6.07, 6.45) is 5.46. The van der Waals surface area contributed by atoms with Crippen LogP contribution >= 0.6 is 0 Å². The maximum absolute atomic E-state index is 13.5. The van der Waals surface area contributed by atoms with Gasteiger partial charge in [-0.25, -0.2) is 0 Å². The van der Waals surface area contributed by atoms with Gasteiger partial charge in [0.2, 0.25) is 5.91 Å². The lowest BCUT2D eigenvalue weighted by Gasteiger charge is -2.27. The zero-order chi connectivity index (χ0) is 21.1. The highest BCUT2D eigenvalue weighted by Crippen LogP contribution is 2.27. The molecule has 1 saturated carbocycles. The number of benzene rings is 2. The molecule has 4 rings (SSSR count). The van der Waals surface area contributed by atoms with Crippen LogP contribution in [0.4, 0.5) is 0 Å². The molecule has 1 heterocycles. The number of nitrogens with one attached hydrogen (secondary N) is 1. The SMILES string of the molecule is COc1ccc(C(C(=O)NC2CCCCC2)n2c(=O)cc(C)c3ccccc32)cc1. The molecule has 2 aromatic carbocycles. The standard InChI is InChI=1S/C25H28N2O3/c1-17-16-23(28)27(22-11-7-6-10-21(17)22)24(18-12-14-20(30-2)15-13-18)25(29)26-19-8-4-3-5-9-19/h6-7,10-16,19,24H,3-5,8-9H2,1-2H3,(H,26,29). The van der Waals surface area contributed by atoms with E-state index < -0.39 is 6.04 Å². The molecule has 1 N–H and O–H groups in total. The average Bonchev–Trinajstić information content (AvgIpc) is 2.77. The minimum absolute atomic E-state index is 0.136. The van der Waals surface area contributed by atoms with Gasteiger partial charge in [0.1, 0.15) is 11.8 Å². The minimum atomic E-state index is -0.740. The topological polar surface area (TPSA) is 60.3 Å². The summed E-state index contributed by atoms with van der Waals surface area (Å²) >= 11 is 0. The molecule has 3 aromatic rings. The molecule has 1 amide bonds. The number of aryl methyl sites for hydroxylation is 1. The fourth-order valence-electron chi connectivity index (χ4n) is 4.47. The molecule has 5 heteroatoms. The zero-order valence-corrected chi connectivity index (χ0v) is 17.6. The van der Waals surface area contributed by atoms with E-state index in [-0.39, 0.29) is 17.5 Å². The molecule has 30 heavy (non-hydrogen) atoms. The van der Waals surface area contributed by atoms with E-state index in [1.54, 1.807) is 17.7 Å². The second-order valence-electron chi connectivity index (χ2n) is 8.07. The van der Waals surface area contributed by atoms with Crippen molar-refractivity contribution in [1.29, 1.82) is 0 Å². The molecule has 1 aromatic heterocycles. The first-order valence-corrected chi connectivity index (χ1v) is 10.6. The van der Waals surface area contributed by atoms with Gasteiger partial charge in [-0.15, -0.1) is 0 Å². The minimum Gasteiger partial charge on any atom is -0.497 e. The number of hydrogen-bond acceptors (Lipinski definition) is 3. The smallest absolute Gasteiger partial charge is 0.252 e. The molecule has 156 valence electrons. The lowest BCUT2D eigenvalue weighted by Crippen LogP contribution is -2.43. The normalized spacial score (nSPS) is 15.7. The number of nitrogens with zero attached hydrogens (tertiary/aromatic N) is 1. The van der Waals surface area contributed by atoms with Gasteiger partial charge in [-0.3, -0.25) is 14.2 Å². The van der Waals surface area contributed by atoms with Crippen LogP contribution in [-0.2, 0) is 4.79 Å². The number of hydrogen-bond donors (Lipinski definition) is 1. The summed E-state index contributed by atoms with van der Waals surface area (Å²) in [5.74, 6) is 0.578. The quantitative estimate of drug-likeness (QED) is 0.687. The highest BCUT2D eigenvalue weighted by atomic mass is 16.5. The second-order valence-corrected chi connectivity index (χ2v) is 8.07. The molecule has 0 radical (unpaired) electrons. The maximum atomic E-state index is 13.5. The highest BCUT2D eigenvalue weighted by Gasteiger charge is 2.28. The van der Waals surface area contributed by atoms with E-state index in [1.165, 1.54) is 6.42 Å². The van der Waals surface area contributed by atoms with Gasteiger partial charge in [-0.2, -0.15) is 0 Å². The number of methoxy groups -OCH3 is 1. The Balaban J connectivity index is 1.84. The zero-order valence-electron chi connectivity index (χ0n) is 17.6. The number of para-hydroxylation sites is 1. The number of carbonyl (C=O) groups excluding carboxylic acids is 1. The molecule has 1 unspecified atom stereocenters. The van der Waals surface area contributed by atoms with E-state index in [4.69, 9.17) is 4.74 Å². The van der Waals surface area contributed by atoms with E-state index in [1.807, 2.05) is 55.5 Å². The fourth-order valence-corrected chi connectivity index (χ4v) is 4.47. The van der Waals surface area contributed by atoms with Crippen molar-refractivity contribution in [2.45, 2.75) is 51.1 Å². The van der Waals surface area contributed by atoms with E-state index in [9.17, 15) is 9.59 Å². The van der Waals surface area contributed by atoms with Gasteiger partial charge in [-0.05, 0) is 49.1 Å². The summed E-state index contributed by atoms with van der Waals surface area (Å²) in [5, 5.41) is 4.19. The van der Waals surface area contributed by atoms with Crippen LogP contribution in [0.25, 0.3) is 10.9 Å². The van der Waals surface area contributed by atoms with Crippen LogP contribution in [0.2, 0.25) is 0 Å². The molecule has 5 nitrogen and oxygen atoms in total. The summed E-state index contributed by atoms with van der Waals surface area (Å²) in [6, 6.07) is 16.2. The number of fused-ring (bicyclic) bond motifs is 1. The number of ether oxygens (including phenoxy) is 1. The van der Waals surface area contributed by atoms with Crippen molar-refractivity contribution in [3.63, 3.8) is 0 Å². The molecular formula is C25H28N2O3. The Hall–Kier alpha value is -3.08. The van der Waals surface area contributed by atoms with Crippen molar-refractivity contribution in [1.82, 2.24) is 9.88 Å². The Kier molecular flexibility index (Phi) is 5.88. The van der Waals surface area contributed by atoms with Gasteiger partial charge in [-0.1, -0.05) is 49.6 Å². The Morgan fingerprint density at radius 3 is 2.47 bits per heavy atom. The monoisotopic (exact) mass is 404 g/mol. The Labute approximate surface area is 176 Å². The van der Waals surface area contributed by atoms with Crippen molar-refractivity contribution in [3.05, 3.63) is 76.1 Å². The number of pyridine rings is 1. The van der Waals surface area contributed by atoms with E-state index in [0.717, 1.165) is 47.7 Å². The highest BCUT2D eigenvalue weighted by molar-refractivity contribution is 5.88. The second kappa shape index (κ2) is 8.74. The maximum Gasteiger partial charge on any atom is 0.252 e. The number of rotatable bonds is 5. The van der Waals surface area contributed by atoms with E-state index >= 15 is 0 Å². The summed E-state index contributed by atoms with van der Waals surface area (Å²) in [4.78, 5) is 26.7. The van der Waals surface area contributed by atoms with Crippen LogP contribution in [0.15, 0.2) is 59.4 Å². The van der Waals surface area contributed by atoms with Crippen LogP contribution in [-0.4, -0.2) is 23.6 Å². The number of carbonyl (C=O) groups is 1. The Morgan fingerprint density at radius 1 is 1.07 bits per heavy atom. The lowest BCUT2D eigenvalue weighted by atomic mass is 9.94. The molecule has 0 aliphatic heterocycles. The van der Waals surface area contributed by atoms with Crippen LogP contribution in [0, 0.1) is 6.92 Å². The molecule has 1 fully saturated rings. The van der Waals surface area contributed by atoms with Crippen LogP contribution in [0.1, 0.15) is 49.3 Å². The summed E-state index contributed by atoms with van der Waals surface area (Å²) in [5.41, 5.74) is 2.26. The fraction of sp³-hybridized carbons (Fsp3) is 0.360. The predicted octanol–water partition coefficient (Wildman–Crippen LogP) is 4.36. The van der Waals surface area contributed by atoms with Gasteiger partial charge < -0.3 is 10.1 Å². The first-order valence-electron chi connectivity index (χ1n) is 10.6. The predicted molar refractivity (Wildman–Crippen MR) is 119 cm³/mol. The third kappa shape index (κ3) is 3.97. The van der Waals surface area contributed by atoms with Gasteiger partial charge >= 0.3 is 0 Å². The van der Waals surface area contributed by atoms with Crippen molar-refractivity contribution in [2.75, 3.05) is 7.11 Å². The summed E-state index contributed by atoms with van der Waals surface area (Å²) in [6.45, 7) is 1.93.